The Balaban J connectivity index is 1.68. The second-order valence-corrected chi connectivity index (χ2v) is 6.58. The van der Waals surface area contributed by atoms with Crippen LogP contribution in [0.15, 0.2) is 29.6 Å². The van der Waals surface area contributed by atoms with E-state index in [0.29, 0.717) is 18.0 Å². The smallest absolute Gasteiger partial charge is 0.252 e. The van der Waals surface area contributed by atoms with Gasteiger partial charge in [0.25, 0.3) is 5.91 Å². The number of H-pyrrole nitrogens is 1. The van der Waals surface area contributed by atoms with E-state index in [0.717, 1.165) is 22.6 Å². The molecule has 0 atom stereocenters. The molecule has 5 nitrogen and oxygen atoms in total. The van der Waals surface area contributed by atoms with E-state index in [1.165, 1.54) is 4.88 Å². The lowest BCUT2D eigenvalue weighted by molar-refractivity contribution is 0.0950. The van der Waals surface area contributed by atoms with Crippen molar-refractivity contribution in [3.05, 3.63) is 45.9 Å². The van der Waals surface area contributed by atoms with Crippen LogP contribution in [0.5, 0.6) is 5.75 Å². The van der Waals surface area contributed by atoms with E-state index in [2.05, 4.69) is 29.1 Å². The van der Waals surface area contributed by atoms with Gasteiger partial charge in [-0.3, -0.25) is 4.79 Å². The third-order valence-electron chi connectivity index (χ3n) is 3.61. The van der Waals surface area contributed by atoms with Gasteiger partial charge in [-0.1, -0.05) is 13.8 Å². The first-order valence-electron chi connectivity index (χ1n) is 7.46. The third kappa shape index (κ3) is 3.37. The lowest BCUT2D eigenvalue weighted by atomic mass is 10.1. The van der Waals surface area contributed by atoms with Gasteiger partial charge in [-0.25, -0.2) is 4.98 Å². The molecular weight excluding hydrogens is 310 g/mol. The molecule has 0 aliphatic heterocycles. The number of carbonyl (C=O) groups excluding carboxylic acids is 1. The Labute approximate surface area is 138 Å². The van der Waals surface area contributed by atoms with E-state index in [1.54, 1.807) is 18.4 Å². The highest BCUT2D eigenvalue weighted by atomic mass is 32.1. The number of rotatable bonds is 5. The summed E-state index contributed by atoms with van der Waals surface area (Å²) in [5, 5.41) is 4.80. The fourth-order valence-corrected chi connectivity index (χ4v) is 3.20. The number of aromatic nitrogens is 2. The average Bonchev–Trinajstić information content (AvgIpc) is 3.18. The first-order chi connectivity index (χ1) is 11.1. The third-order valence-corrected chi connectivity index (χ3v) is 4.84. The van der Waals surface area contributed by atoms with Crippen LogP contribution in [0.4, 0.5) is 0 Å². The van der Waals surface area contributed by atoms with E-state index < -0.39 is 0 Å². The maximum Gasteiger partial charge on any atom is 0.252 e. The summed E-state index contributed by atoms with van der Waals surface area (Å²) < 4.78 is 5.19. The summed E-state index contributed by atoms with van der Waals surface area (Å²) in [6, 6.07) is 7.60. The van der Waals surface area contributed by atoms with Crippen molar-refractivity contribution < 1.29 is 9.53 Å². The summed E-state index contributed by atoms with van der Waals surface area (Å²) in [5.41, 5.74) is 2.45. The van der Waals surface area contributed by atoms with Crippen molar-refractivity contribution in [2.75, 3.05) is 7.11 Å². The highest BCUT2D eigenvalue weighted by Gasteiger charge is 2.11. The van der Waals surface area contributed by atoms with E-state index in [9.17, 15) is 4.79 Å². The van der Waals surface area contributed by atoms with E-state index in [-0.39, 0.29) is 5.91 Å². The van der Waals surface area contributed by atoms with E-state index in [1.807, 2.05) is 29.6 Å². The van der Waals surface area contributed by atoms with Crippen LogP contribution in [0.2, 0.25) is 0 Å². The van der Waals surface area contributed by atoms with Gasteiger partial charge in [0.05, 0.1) is 30.3 Å². The number of benzene rings is 1. The van der Waals surface area contributed by atoms with Gasteiger partial charge in [-0.2, -0.15) is 0 Å². The predicted molar refractivity (Wildman–Crippen MR) is 92.2 cm³/mol. The van der Waals surface area contributed by atoms with Gasteiger partial charge in [-0.05, 0) is 24.1 Å². The van der Waals surface area contributed by atoms with Crippen molar-refractivity contribution in [3.8, 4) is 5.75 Å². The van der Waals surface area contributed by atoms with Crippen molar-refractivity contribution >= 4 is 28.3 Å². The molecule has 23 heavy (non-hydrogen) atoms. The highest BCUT2D eigenvalue weighted by molar-refractivity contribution is 7.10. The Hall–Kier alpha value is -2.34. The van der Waals surface area contributed by atoms with Crippen molar-refractivity contribution in [3.63, 3.8) is 0 Å². The van der Waals surface area contributed by atoms with Crippen LogP contribution in [0.3, 0.4) is 0 Å². The maximum absolute atomic E-state index is 12.2. The topological polar surface area (TPSA) is 67.0 Å². The SMILES string of the molecule is COc1ccc2nc(CNC(=O)c3csc(C(C)C)c3)[nH]c2c1. The van der Waals surface area contributed by atoms with E-state index >= 15 is 0 Å². The standard InChI is InChI=1S/C17H19N3O2S/c1-10(2)15-6-11(9-23-15)17(21)18-8-16-19-13-5-4-12(22-3)7-14(13)20-16/h4-7,9-10H,8H2,1-3H3,(H,18,21)(H,19,20). The van der Waals surface area contributed by atoms with Gasteiger partial charge in [0.15, 0.2) is 0 Å². The number of nitrogens with one attached hydrogen (secondary N) is 2. The summed E-state index contributed by atoms with van der Waals surface area (Å²) in [7, 11) is 1.63. The summed E-state index contributed by atoms with van der Waals surface area (Å²) in [5.74, 6) is 1.86. The predicted octanol–water partition coefficient (Wildman–Crippen LogP) is 3.69. The summed E-state index contributed by atoms with van der Waals surface area (Å²) in [4.78, 5) is 21.1. The molecule has 6 heteroatoms. The van der Waals surface area contributed by atoms with Crippen LogP contribution < -0.4 is 10.1 Å². The molecule has 1 amide bonds. The molecule has 120 valence electrons. The van der Waals surface area contributed by atoms with Crippen molar-refractivity contribution in [2.45, 2.75) is 26.3 Å². The zero-order valence-electron chi connectivity index (χ0n) is 13.3. The number of hydrogen-bond acceptors (Lipinski definition) is 4. The molecule has 3 rings (SSSR count). The number of thiophene rings is 1. The minimum Gasteiger partial charge on any atom is -0.497 e. The second kappa shape index (κ2) is 6.42. The molecule has 0 unspecified atom stereocenters. The van der Waals surface area contributed by atoms with Gasteiger partial charge in [-0.15, -0.1) is 11.3 Å². The second-order valence-electron chi connectivity index (χ2n) is 5.64. The molecular formula is C17H19N3O2S. The average molecular weight is 329 g/mol. The van der Waals surface area contributed by atoms with Crippen LogP contribution in [0.1, 0.15) is 40.8 Å². The largest absolute Gasteiger partial charge is 0.497 e. The van der Waals surface area contributed by atoms with Gasteiger partial charge in [0, 0.05) is 16.3 Å². The molecule has 0 fully saturated rings. The number of ether oxygens (including phenoxy) is 1. The Kier molecular flexibility index (Phi) is 4.34. The van der Waals surface area contributed by atoms with Crippen LogP contribution >= 0.6 is 11.3 Å². The summed E-state index contributed by atoms with van der Waals surface area (Å²) >= 11 is 1.62. The Bertz CT molecular complexity index is 835. The normalized spacial score (nSPS) is 11.1. The quantitative estimate of drug-likeness (QED) is 0.750. The number of imidazole rings is 1. The molecule has 2 N–H and O–H groups in total. The number of aromatic amines is 1. The number of hydrogen-bond donors (Lipinski definition) is 2. The van der Waals surface area contributed by atoms with Gasteiger partial charge >= 0.3 is 0 Å². The van der Waals surface area contributed by atoms with Gasteiger partial charge < -0.3 is 15.0 Å². The van der Waals surface area contributed by atoms with Crippen LogP contribution in [-0.4, -0.2) is 23.0 Å². The van der Waals surface area contributed by atoms with Crippen LogP contribution in [0, 0.1) is 0 Å². The monoisotopic (exact) mass is 329 g/mol. The number of fused-ring (bicyclic) bond motifs is 1. The molecule has 3 aromatic rings. The molecule has 0 aliphatic rings. The first-order valence-corrected chi connectivity index (χ1v) is 8.34. The minimum atomic E-state index is -0.0776. The fraction of sp³-hybridized carbons (Fsp3) is 0.294. The Morgan fingerprint density at radius 2 is 2.22 bits per heavy atom. The number of amides is 1. The van der Waals surface area contributed by atoms with Crippen LogP contribution in [-0.2, 0) is 6.54 Å². The van der Waals surface area contributed by atoms with E-state index in [4.69, 9.17) is 4.74 Å². The zero-order chi connectivity index (χ0) is 16.4. The highest BCUT2D eigenvalue weighted by Crippen LogP contribution is 2.23. The van der Waals surface area contributed by atoms with Gasteiger partial charge in [0.1, 0.15) is 11.6 Å². The Morgan fingerprint density at radius 1 is 1.39 bits per heavy atom. The molecule has 2 heterocycles. The lowest BCUT2D eigenvalue weighted by Gasteiger charge is -2.01. The molecule has 0 saturated carbocycles. The molecule has 0 bridgehead atoms. The molecule has 2 aromatic heterocycles. The molecule has 1 aromatic carbocycles. The number of carbonyl (C=O) groups is 1. The van der Waals surface area contributed by atoms with Crippen LogP contribution in [0.25, 0.3) is 11.0 Å². The lowest BCUT2D eigenvalue weighted by Crippen LogP contribution is -2.22. The number of nitrogens with zero attached hydrogens (tertiary/aromatic N) is 1. The zero-order valence-corrected chi connectivity index (χ0v) is 14.2. The minimum absolute atomic E-state index is 0.0776. The summed E-state index contributed by atoms with van der Waals surface area (Å²) in [6.45, 7) is 4.61. The molecule has 0 saturated heterocycles. The van der Waals surface area contributed by atoms with Gasteiger partial charge in [0.2, 0.25) is 0 Å². The summed E-state index contributed by atoms with van der Waals surface area (Å²) in [6.07, 6.45) is 0. The Morgan fingerprint density at radius 3 is 2.91 bits per heavy atom. The molecule has 0 radical (unpaired) electrons. The van der Waals surface area contributed by atoms with Crippen molar-refractivity contribution in [2.24, 2.45) is 0 Å². The fourth-order valence-electron chi connectivity index (χ4n) is 2.29. The molecule has 0 spiro atoms. The van der Waals surface area contributed by atoms with Crippen molar-refractivity contribution in [1.29, 1.82) is 0 Å². The first kappa shape index (κ1) is 15.6. The van der Waals surface area contributed by atoms with Crippen molar-refractivity contribution in [1.82, 2.24) is 15.3 Å². The maximum atomic E-state index is 12.2. The number of methoxy groups -OCH3 is 1. The molecule has 0 aliphatic carbocycles.